The number of hydrogen-bond donors (Lipinski definition) is 1. The number of benzene rings is 1. The second-order valence-electron chi connectivity index (χ2n) is 11.1. The first-order valence-corrected chi connectivity index (χ1v) is 12.6. The van der Waals surface area contributed by atoms with Crippen LogP contribution in [0.4, 0.5) is 13.2 Å². The summed E-state index contributed by atoms with van der Waals surface area (Å²) in [5, 5.41) is 8.99. The highest BCUT2D eigenvalue weighted by Crippen LogP contribution is 2.65. The number of carbonyl (C=O) groups is 2. The third kappa shape index (κ3) is 4.18. The molecule has 1 aromatic carbocycles. The van der Waals surface area contributed by atoms with Crippen molar-refractivity contribution >= 4 is 11.9 Å². The number of halogens is 3. The maximum Gasteiger partial charge on any atom is 0.417 e. The molecule has 0 spiro atoms. The standard InChI is InChI=1S/C28H31F3N2O3/c1-27-10-9-21-20-5-4-17(26(36)33(2)15-25(34)35)11-16(20)3-6-22(21)24(27)8-7-23(27)18-12-19(14-32-13-18)28(29,30)31/h4-5,11-14,21-24H,3,6-10,15H2,1-2H3,(H,34,35)/t21-,22-,23-,24+,27-/m1/s1. The SMILES string of the molecule is CN(CC(=O)O)C(=O)c1ccc2c(c1)CC[C@@H]1[C@@H]2CC[C@]2(C)[C@@H](c3cncc(C(F)(F)F)c3)CC[C@@H]12. The van der Waals surface area contributed by atoms with Crippen LogP contribution >= 0.6 is 0 Å². The number of aliphatic carboxylic acids is 1. The second kappa shape index (κ2) is 8.89. The first-order valence-electron chi connectivity index (χ1n) is 12.6. The van der Waals surface area contributed by atoms with Gasteiger partial charge in [-0.25, -0.2) is 0 Å². The van der Waals surface area contributed by atoms with E-state index < -0.39 is 17.7 Å². The number of nitrogens with zero attached hydrogens (tertiary/aromatic N) is 2. The van der Waals surface area contributed by atoms with Gasteiger partial charge in [0.15, 0.2) is 0 Å². The molecule has 5 rings (SSSR count). The molecule has 192 valence electrons. The third-order valence-electron chi connectivity index (χ3n) is 9.18. The Morgan fingerprint density at radius 2 is 1.92 bits per heavy atom. The molecule has 2 aromatic rings. The van der Waals surface area contributed by atoms with Crippen molar-refractivity contribution in [1.29, 1.82) is 0 Å². The van der Waals surface area contributed by atoms with Crippen molar-refractivity contribution in [2.24, 2.45) is 17.3 Å². The summed E-state index contributed by atoms with van der Waals surface area (Å²) in [5.41, 5.74) is 2.92. The van der Waals surface area contributed by atoms with Gasteiger partial charge in [0.05, 0.1) is 5.56 Å². The van der Waals surface area contributed by atoms with Crippen LogP contribution in [-0.2, 0) is 17.4 Å². The van der Waals surface area contributed by atoms with E-state index in [1.54, 1.807) is 6.20 Å². The van der Waals surface area contributed by atoms with E-state index in [1.807, 2.05) is 18.2 Å². The van der Waals surface area contributed by atoms with E-state index in [2.05, 4.69) is 11.9 Å². The number of likely N-dealkylation sites (N-methyl/N-ethyl adjacent to an activating group) is 1. The zero-order valence-electron chi connectivity index (χ0n) is 20.5. The van der Waals surface area contributed by atoms with Crippen LogP contribution in [-0.4, -0.2) is 40.5 Å². The van der Waals surface area contributed by atoms with Crippen LogP contribution in [0.5, 0.6) is 0 Å². The largest absolute Gasteiger partial charge is 0.480 e. The van der Waals surface area contributed by atoms with E-state index in [-0.39, 0.29) is 23.8 Å². The Labute approximate surface area is 208 Å². The Balaban J connectivity index is 1.38. The van der Waals surface area contributed by atoms with Gasteiger partial charge >= 0.3 is 12.1 Å². The van der Waals surface area contributed by atoms with Gasteiger partial charge in [-0.1, -0.05) is 13.0 Å². The summed E-state index contributed by atoms with van der Waals surface area (Å²) in [7, 11) is 1.49. The zero-order valence-corrected chi connectivity index (χ0v) is 20.5. The molecule has 1 amide bonds. The van der Waals surface area contributed by atoms with Crippen LogP contribution < -0.4 is 0 Å². The number of carbonyl (C=O) groups excluding carboxylic acids is 1. The van der Waals surface area contributed by atoms with E-state index in [9.17, 15) is 22.8 Å². The zero-order chi connectivity index (χ0) is 25.8. The summed E-state index contributed by atoms with van der Waals surface area (Å²) >= 11 is 0. The second-order valence-corrected chi connectivity index (χ2v) is 11.1. The normalized spacial score (nSPS) is 29.1. The van der Waals surface area contributed by atoms with Gasteiger partial charge in [0.25, 0.3) is 5.91 Å². The number of aromatic nitrogens is 1. The smallest absolute Gasteiger partial charge is 0.417 e. The Morgan fingerprint density at radius 3 is 2.64 bits per heavy atom. The lowest BCUT2D eigenvalue weighted by Gasteiger charge is -2.51. The number of pyridine rings is 1. The summed E-state index contributed by atoms with van der Waals surface area (Å²) in [5.74, 6) is 0.0123. The molecule has 1 aromatic heterocycles. The van der Waals surface area contributed by atoms with Crippen molar-refractivity contribution in [3.63, 3.8) is 0 Å². The van der Waals surface area contributed by atoms with Gasteiger partial charge < -0.3 is 10.0 Å². The highest BCUT2D eigenvalue weighted by Gasteiger charge is 2.55. The molecule has 1 N–H and O–H groups in total. The molecule has 8 heteroatoms. The van der Waals surface area contributed by atoms with Crippen molar-refractivity contribution in [3.8, 4) is 0 Å². The topological polar surface area (TPSA) is 70.5 Å². The summed E-state index contributed by atoms with van der Waals surface area (Å²) in [6.07, 6.45) is 3.78. The maximum absolute atomic E-state index is 13.3. The molecule has 2 fully saturated rings. The van der Waals surface area contributed by atoms with E-state index in [0.717, 1.165) is 50.3 Å². The third-order valence-corrected chi connectivity index (χ3v) is 9.18. The molecule has 0 radical (unpaired) electrons. The quantitative estimate of drug-likeness (QED) is 0.568. The lowest BCUT2D eigenvalue weighted by molar-refractivity contribution is -0.138. The van der Waals surface area contributed by atoms with Gasteiger partial charge in [-0.2, -0.15) is 13.2 Å². The van der Waals surface area contributed by atoms with Crippen LogP contribution in [0, 0.1) is 17.3 Å². The van der Waals surface area contributed by atoms with Gasteiger partial charge in [0.1, 0.15) is 6.54 Å². The molecule has 5 nitrogen and oxygen atoms in total. The fourth-order valence-electron chi connectivity index (χ4n) is 7.56. The van der Waals surface area contributed by atoms with Crippen LogP contribution in [0.3, 0.4) is 0 Å². The molecular weight excluding hydrogens is 469 g/mol. The highest BCUT2D eigenvalue weighted by molar-refractivity contribution is 5.96. The fourth-order valence-corrected chi connectivity index (χ4v) is 7.56. The first-order chi connectivity index (χ1) is 17.0. The predicted molar refractivity (Wildman–Crippen MR) is 128 cm³/mol. The van der Waals surface area contributed by atoms with Crippen molar-refractivity contribution in [2.45, 2.75) is 63.5 Å². The summed E-state index contributed by atoms with van der Waals surface area (Å²) in [6.45, 7) is 1.92. The minimum atomic E-state index is -4.39. The average molecular weight is 501 g/mol. The van der Waals surface area contributed by atoms with Crippen LogP contribution in [0.15, 0.2) is 36.7 Å². The van der Waals surface area contributed by atoms with Gasteiger partial charge in [-0.3, -0.25) is 14.6 Å². The van der Waals surface area contributed by atoms with Gasteiger partial charge in [-0.15, -0.1) is 0 Å². The monoisotopic (exact) mass is 500 g/mol. The fraction of sp³-hybridized carbons (Fsp3) is 0.536. The number of amides is 1. The predicted octanol–water partition coefficient (Wildman–Crippen LogP) is 5.90. The van der Waals surface area contributed by atoms with Crippen molar-refractivity contribution in [1.82, 2.24) is 9.88 Å². The summed E-state index contributed by atoms with van der Waals surface area (Å²) in [4.78, 5) is 28.8. The number of rotatable bonds is 4. The number of aryl methyl sites for hydroxylation is 1. The molecule has 0 unspecified atom stereocenters. The van der Waals surface area contributed by atoms with Gasteiger partial charge in [-0.05, 0) is 103 Å². The number of carboxylic acids is 1. The highest BCUT2D eigenvalue weighted by atomic mass is 19.4. The number of fused-ring (bicyclic) bond motifs is 5. The number of hydrogen-bond acceptors (Lipinski definition) is 3. The van der Waals surface area contributed by atoms with Gasteiger partial charge in [0.2, 0.25) is 0 Å². The molecular formula is C28H31F3N2O3. The Kier molecular flexibility index (Phi) is 6.12. The van der Waals surface area contributed by atoms with Crippen LogP contribution in [0.2, 0.25) is 0 Å². The van der Waals surface area contributed by atoms with Gasteiger partial charge in [0, 0.05) is 25.0 Å². The van der Waals surface area contributed by atoms with Crippen LogP contribution in [0.25, 0.3) is 0 Å². The van der Waals surface area contributed by atoms with Crippen LogP contribution in [0.1, 0.15) is 83.5 Å². The molecule has 2 saturated carbocycles. The lowest BCUT2D eigenvalue weighted by Crippen LogP contribution is -2.41. The first kappa shape index (κ1) is 24.8. The molecule has 36 heavy (non-hydrogen) atoms. The number of carboxylic acid groups (broad SMARTS) is 1. The van der Waals surface area contributed by atoms with E-state index in [1.165, 1.54) is 23.6 Å². The average Bonchev–Trinajstić information content (AvgIpc) is 3.19. The molecule has 1 heterocycles. The van der Waals surface area contributed by atoms with Crippen molar-refractivity contribution in [3.05, 3.63) is 64.5 Å². The minimum Gasteiger partial charge on any atom is -0.480 e. The molecule has 0 bridgehead atoms. The maximum atomic E-state index is 13.3. The summed E-state index contributed by atoms with van der Waals surface area (Å²) < 4.78 is 40.0. The Morgan fingerprint density at radius 1 is 1.14 bits per heavy atom. The number of alkyl halides is 3. The van der Waals surface area contributed by atoms with E-state index in [0.29, 0.717) is 28.9 Å². The molecule has 5 atom stereocenters. The Hall–Kier alpha value is -2.90. The molecule has 3 aliphatic carbocycles. The molecule has 0 saturated heterocycles. The summed E-state index contributed by atoms with van der Waals surface area (Å²) in [6, 6.07) is 7.07. The van der Waals surface area contributed by atoms with Crippen molar-refractivity contribution in [2.75, 3.05) is 13.6 Å². The lowest BCUT2D eigenvalue weighted by atomic mass is 9.53. The minimum absolute atomic E-state index is 0.0555. The van der Waals surface area contributed by atoms with Crippen molar-refractivity contribution < 1.29 is 27.9 Å². The molecule has 0 aliphatic heterocycles. The van der Waals surface area contributed by atoms with E-state index in [4.69, 9.17) is 5.11 Å². The van der Waals surface area contributed by atoms with E-state index >= 15 is 0 Å². The Bertz CT molecular complexity index is 1200. The molecule has 3 aliphatic rings.